The molecule has 1 aromatic carbocycles. The van der Waals surface area contributed by atoms with Gasteiger partial charge in [0.15, 0.2) is 0 Å². The van der Waals surface area contributed by atoms with Crippen molar-refractivity contribution in [3.8, 4) is 0 Å². The van der Waals surface area contributed by atoms with Crippen molar-refractivity contribution in [3.05, 3.63) is 77.9 Å². The van der Waals surface area contributed by atoms with Gasteiger partial charge >= 0.3 is 6.18 Å². The molecule has 0 radical (unpaired) electrons. The third kappa shape index (κ3) is 4.41. The zero-order valence-corrected chi connectivity index (χ0v) is 13.4. The minimum Gasteiger partial charge on any atom is -0.467 e. The minimum absolute atomic E-state index is 0.123. The van der Waals surface area contributed by atoms with Gasteiger partial charge in [-0.25, -0.2) is 4.98 Å². The standard InChI is InChI=1S/C18H14F3N3O2/c19-18(20,21)13-5-3-12(4-6-13)17(25)24-14-7-8-16(22-10-14)23-11-15-2-1-9-26-15/h1-10H,11H2,(H,22,23)(H,24,25). The summed E-state index contributed by atoms with van der Waals surface area (Å²) in [7, 11) is 0. The van der Waals surface area contributed by atoms with Crippen LogP contribution in [0.3, 0.4) is 0 Å². The Labute approximate surface area is 146 Å². The number of pyridine rings is 1. The fraction of sp³-hybridized carbons (Fsp3) is 0.111. The maximum atomic E-state index is 12.5. The summed E-state index contributed by atoms with van der Waals surface area (Å²) in [6.45, 7) is 0.470. The molecule has 0 saturated carbocycles. The average Bonchev–Trinajstić information content (AvgIpc) is 3.14. The number of hydrogen-bond acceptors (Lipinski definition) is 4. The van der Waals surface area contributed by atoms with Crippen molar-refractivity contribution in [1.82, 2.24) is 4.98 Å². The lowest BCUT2D eigenvalue weighted by atomic mass is 10.1. The first-order valence-corrected chi connectivity index (χ1v) is 7.63. The molecular weight excluding hydrogens is 347 g/mol. The van der Waals surface area contributed by atoms with E-state index < -0.39 is 17.6 Å². The van der Waals surface area contributed by atoms with Crippen LogP contribution in [-0.4, -0.2) is 10.9 Å². The third-order valence-electron chi connectivity index (χ3n) is 3.52. The van der Waals surface area contributed by atoms with Crippen LogP contribution in [0.1, 0.15) is 21.7 Å². The number of carbonyl (C=O) groups excluding carboxylic acids is 1. The van der Waals surface area contributed by atoms with Gasteiger partial charge in [-0.05, 0) is 48.5 Å². The molecule has 0 saturated heterocycles. The summed E-state index contributed by atoms with van der Waals surface area (Å²) in [6.07, 6.45) is -1.41. The summed E-state index contributed by atoms with van der Waals surface area (Å²) in [4.78, 5) is 16.2. The summed E-state index contributed by atoms with van der Waals surface area (Å²) in [5, 5.41) is 5.64. The highest BCUT2D eigenvalue weighted by Crippen LogP contribution is 2.29. The number of nitrogens with zero attached hydrogens (tertiary/aromatic N) is 1. The second-order valence-corrected chi connectivity index (χ2v) is 5.39. The number of nitrogens with one attached hydrogen (secondary N) is 2. The molecule has 3 aromatic rings. The smallest absolute Gasteiger partial charge is 0.416 e. The number of aromatic nitrogens is 1. The lowest BCUT2D eigenvalue weighted by molar-refractivity contribution is -0.137. The quantitative estimate of drug-likeness (QED) is 0.699. The van der Waals surface area contributed by atoms with Crippen molar-refractivity contribution in [1.29, 1.82) is 0 Å². The van der Waals surface area contributed by atoms with Gasteiger partial charge in [-0.3, -0.25) is 4.79 Å². The number of amides is 1. The van der Waals surface area contributed by atoms with Gasteiger partial charge in [-0.2, -0.15) is 13.2 Å². The summed E-state index contributed by atoms with van der Waals surface area (Å²) >= 11 is 0. The maximum Gasteiger partial charge on any atom is 0.416 e. The molecule has 0 spiro atoms. The Bertz CT molecular complexity index is 858. The normalized spacial score (nSPS) is 11.2. The number of benzene rings is 1. The fourth-order valence-corrected chi connectivity index (χ4v) is 2.18. The predicted molar refractivity (Wildman–Crippen MR) is 89.7 cm³/mol. The molecule has 0 aliphatic carbocycles. The van der Waals surface area contributed by atoms with Crippen molar-refractivity contribution in [2.75, 3.05) is 10.6 Å². The summed E-state index contributed by atoms with van der Waals surface area (Å²) < 4.78 is 42.8. The van der Waals surface area contributed by atoms with Crippen molar-refractivity contribution >= 4 is 17.4 Å². The number of rotatable bonds is 5. The number of alkyl halides is 3. The van der Waals surface area contributed by atoms with Gasteiger partial charge in [0, 0.05) is 5.56 Å². The highest BCUT2D eigenvalue weighted by atomic mass is 19.4. The van der Waals surface area contributed by atoms with Crippen LogP contribution in [0.25, 0.3) is 0 Å². The second kappa shape index (κ2) is 7.30. The largest absolute Gasteiger partial charge is 0.467 e. The molecule has 134 valence electrons. The van der Waals surface area contributed by atoms with Gasteiger partial charge in [0.05, 0.1) is 30.3 Å². The number of anilines is 2. The van der Waals surface area contributed by atoms with Gasteiger partial charge in [0.2, 0.25) is 0 Å². The van der Waals surface area contributed by atoms with E-state index in [4.69, 9.17) is 4.42 Å². The van der Waals surface area contributed by atoms with Crippen LogP contribution in [-0.2, 0) is 12.7 Å². The van der Waals surface area contributed by atoms with Crippen LogP contribution in [0.15, 0.2) is 65.4 Å². The molecule has 0 aliphatic heterocycles. The maximum absolute atomic E-state index is 12.5. The average molecular weight is 361 g/mol. The lowest BCUT2D eigenvalue weighted by Gasteiger charge is -2.09. The van der Waals surface area contributed by atoms with Gasteiger partial charge in [0.25, 0.3) is 5.91 Å². The van der Waals surface area contributed by atoms with E-state index in [1.807, 2.05) is 6.07 Å². The molecule has 5 nitrogen and oxygen atoms in total. The fourth-order valence-electron chi connectivity index (χ4n) is 2.18. The van der Waals surface area contributed by atoms with Gasteiger partial charge in [-0.1, -0.05) is 0 Å². The molecule has 0 aliphatic rings. The molecular formula is C18H14F3N3O2. The van der Waals surface area contributed by atoms with Crippen LogP contribution < -0.4 is 10.6 Å². The van der Waals surface area contributed by atoms with E-state index in [1.54, 1.807) is 24.5 Å². The number of carbonyl (C=O) groups is 1. The first-order valence-electron chi connectivity index (χ1n) is 7.63. The van der Waals surface area contributed by atoms with Crippen LogP contribution >= 0.6 is 0 Å². The zero-order chi connectivity index (χ0) is 18.6. The Morgan fingerprint density at radius 1 is 1.08 bits per heavy atom. The van der Waals surface area contributed by atoms with Crippen molar-refractivity contribution in [3.63, 3.8) is 0 Å². The van der Waals surface area contributed by atoms with E-state index in [-0.39, 0.29) is 5.56 Å². The summed E-state index contributed by atoms with van der Waals surface area (Å²) in [5.74, 6) is 0.831. The van der Waals surface area contributed by atoms with E-state index in [0.29, 0.717) is 18.1 Å². The van der Waals surface area contributed by atoms with Crippen LogP contribution in [0, 0.1) is 0 Å². The van der Waals surface area contributed by atoms with Crippen molar-refractivity contribution in [2.24, 2.45) is 0 Å². The SMILES string of the molecule is O=C(Nc1ccc(NCc2ccco2)nc1)c1ccc(C(F)(F)F)cc1. The minimum atomic E-state index is -4.43. The molecule has 0 fully saturated rings. The summed E-state index contributed by atoms with van der Waals surface area (Å²) in [6, 6.07) is 10.9. The van der Waals surface area contributed by atoms with E-state index in [9.17, 15) is 18.0 Å². The Morgan fingerprint density at radius 2 is 1.85 bits per heavy atom. The van der Waals surface area contributed by atoms with Crippen molar-refractivity contribution < 1.29 is 22.4 Å². The Kier molecular flexibility index (Phi) is 4.92. The van der Waals surface area contributed by atoms with Gasteiger partial charge < -0.3 is 15.1 Å². The van der Waals surface area contributed by atoms with E-state index >= 15 is 0 Å². The van der Waals surface area contributed by atoms with E-state index in [0.717, 1.165) is 30.0 Å². The second-order valence-electron chi connectivity index (χ2n) is 5.39. The van der Waals surface area contributed by atoms with E-state index in [2.05, 4.69) is 15.6 Å². The van der Waals surface area contributed by atoms with Gasteiger partial charge in [-0.15, -0.1) is 0 Å². The Hall–Kier alpha value is -3.29. The molecule has 1 amide bonds. The first kappa shape index (κ1) is 17.5. The highest BCUT2D eigenvalue weighted by molar-refractivity contribution is 6.04. The molecule has 0 unspecified atom stereocenters. The van der Waals surface area contributed by atoms with Gasteiger partial charge in [0.1, 0.15) is 11.6 Å². The van der Waals surface area contributed by atoms with Crippen LogP contribution in [0.4, 0.5) is 24.7 Å². The predicted octanol–water partition coefficient (Wildman–Crippen LogP) is 4.56. The monoisotopic (exact) mass is 361 g/mol. The molecule has 26 heavy (non-hydrogen) atoms. The number of furan rings is 1. The Morgan fingerprint density at radius 3 is 2.42 bits per heavy atom. The summed E-state index contributed by atoms with van der Waals surface area (Å²) in [5.41, 5.74) is -0.251. The third-order valence-corrected chi connectivity index (χ3v) is 3.52. The number of halogens is 3. The molecule has 0 atom stereocenters. The molecule has 8 heteroatoms. The van der Waals surface area contributed by atoms with Crippen molar-refractivity contribution in [2.45, 2.75) is 12.7 Å². The lowest BCUT2D eigenvalue weighted by Crippen LogP contribution is -2.13. The van der Waals surface area contributed by atoms with Crippen LogP contribution in [0.5, 0.6) is 0 Å². The molecule has 3 rings (SSSR count). The topological polar surface area (TPSA) is 67.2 Å². The number of hydrogen-bond donors (Lipinski definition) is 2. The Balaban J connectivity index is 1.58. The highest BCUT2D eigenvalue weighted by Gasteiger charge is 2.30. The first-order chi connectivity index (χ1) is 12.4. The molecule has 2 heterocycles. The molecule has 2 N–H and O–H groups in total. The molecule has 0 bridgehead atoms. The van der Waals surface area contributed by atoms with Crippen LogP contribution in [0.2, 0.25) is 0 Å². The zero-order valence-electron chi connectivity index (χ0n) is 13.4. The van der Waals surface area contributed by atoms with E-state index in [1.165, 1.54) is 6.20 Å². The molecule has 2 aromatic heterocycles.